The molecule has 228 valence electrons. The van der Waals surface area contributed by atoms with Crippen molar-refractivity contribution in [2.75, 3.05) is 59.7 Å². The summed E-state index contributed by atoms with van der Waals surface area (Å²) in [6.07, 6.45) is 3.48. The predicted molar refractivity (Wildman–Crippen MR) is 161 cm³/mol. The van der Waals surface area contributed by atoms with Crippen LogP contribution in [-0.4, -0.2) is 86.3 Å². The third-order valence-corrected chi connectivity index (χ3v) is 7.69. The number of ketones is 1. The average Bonchev–Trinajstić information content (AvgIpc) is 3.26. The lowest BCUT2D eigenvalue weighted by molar-refractivity contribution is -0.140. The second-order valence-corrected chi connectivity index (χ2v) is 10.7. The summed E-state index contributed by atoms with van der Waals surface area (Å²) in [7, 11) is 1.57. The maximum atomic E-state index is 13.6. The number of hydrogen-bond acceptors (Lipinski definition) is 8. The highest BCUT2D eigenvalue weighted by Gasteiger charge is 2.46. The van der Waals surface area contributed by atoms with Crippen molar-refractivity contribution >= 4 is 17.4 Å². The number of hydrogen-bond donors (Lipinski definition) is 1. The van der Waals surface area contributed by atoms with Gasteiger partial charge in [-0.2, -0.15) is 0 Å². The molecular weight excluding hydrogens is 536 g/mol. The summed E-state index contributed by atoms with van der Waals surface area (Å²) in [5.41, 5.74) is 2.02. The van der Waals surface area contributed by atoms with E-state index >= 15 is 0 Å². The molecule has 2 fully saturated rings. The number of aliphatic hydroxyl groups excluding tert-OH is 1. The van der Waals surface area contributed by atoms with Crippen molar-refractivity contribution in [1.82, 2.24) is 9.80 Å². The van der Waals surface area contributed by atoms with E-state index in [9.17, 15) is 14.7 Å². The number of amides is 1. The number of ether oxygens (including phenoxy) is 4. The minimum Gasteiger partial charge on any atom is -0.507 e. The third-order valence-electron chi connectivity index (χ3n) is 7.69. The van der Waals surface area contributed by atoms with Crippen molar-refractivity contribution in [1.29, 1.82) is 0 Å². The van der Waals surface area contributed by atoms with Gasteiger partial charge >= 0.3 is 0 Å². The maximum absolute atomic E-state index is 13.6. The smallest absolute Gasteiger partial charge is 0.295 e. The summed E-state index contributed by atoms with van der Waals surface area (Å²) in [6, 6.07) is 9.98. The SMILES string of the molecule is CCCCOc1ccc(C2/C(=C(\O)c3ccc(OCCC)c(C)c3)C(=O)C(=O)N2CCCN2CCOCC2)cc1OC. The van der Waals surface area contributed by atoms with Gasteiger partial charge in [-0.15, -0.1) is 0 Å². The molecule has 1 unspecified atom stereocenters. The molecule has 2 aliphatic heterocycles. The Hall–Kier alpha value is -3.56. The van der Waals surface area contributed by atoms with E-state index in [-0.39, 0.29) is 11.3 Å². The molecule has 4 rings (SSSR count). The molecule has 2 aromatic carbocycles. The quantitative estimate of drug-likeness (QED) is 0.142. The molecule has 0 radical (unpaired) electrons. The Labute approximate surface area is 249 Å². The average molecular weight is 581 g/mol. The van der Waals surface area contributed by atoms with Crippen LogP contribution in [0.3, 0.4) is 0 Å². The number of nitrogens with zero attached hydrogens (tertiary/aromatic N) is 2. The van der Waals surface area contributed by atoms with E-state index in [1.807, 2.05) is 26.0 Å². The second kappa shape index (κ2) is 15.1. The van der Waals surface area contributed by atoms with Crippen LogP contribution in [0.1, 0.15) is 62.3 Å². The highest BCUT2D eigenvalue weighted by molar-refractivity contribution is 6.46. The zero-order valence-corrected chi connectivity index (χ0v) is 25.3. The highest BCUT2D eigenvalue weighted by Crippen LogP contribution is 2.42. The van der Waals surface area contributed by atoms with Crippen molar-refractivity contribution in [2.24, 2.45) is 0 Å². The second-order valence-electron chi connectivity index (χ2n) is 10.7. The fourth-order valence-corrected chi connectivity index (χ4v) is 5.37. The first kappa shape index (κ1) is 31.4. The highest BCUT2D eigenvalue weighted by atomic mass is 16.5. The summed E-state index contributed by atoms with van der Waals surface area (Å²) in [6.45, 7) is 11.4. The van der Waals surface area contributed by atoms with Crippen molar-refractivity contribution in [2.45, 2.75) is 52.5 Å². The van der Waals surface area contributed by atoms with Gasteiger partial charge in [-0.25, -0.2) is 0 Å². The molecule has 1 N–H and O–H groups in total. The van der Waals surface area contributed by atoms with E-state index in [2.05, 4.69) is 11.8 Å². The van der Waals surface area contributed by atoms with Crippen LogP contribution in [0.25, 0.3) is 5.76 Å². The lowest BCUT2D eigenvalue weighted by Crippen LogP contribution is -2.39. The first-order chi connectivity index (χ1) is 20.4. The Morgan fingerprint density at radius 3 is 2.36 bits per heavy atom. The fourth-order valence-electron chi connectivity index (χ4n) is 5.37. The van der Waals surface area contributed by atoms with E-state index < -0.39 is 17.7 Å². The van der Waals surface area contributed by atoms with Gasteiger partial charge in [0.1, 0.15) is 11.5 Å². The minimum absolute atomic E-state index is 0.0645. The van der Waals surface area contributed by atoms with Crippen molar-refractivity contribution in [3.8, 4) is 17.2 Å². The number of benzene rings is 2. The first-order valence-electron chi connectivity index (χ1n) is 15.0. The Bertz CT molecular complexity index is 1270. The lowest BCUT2D eigenvalue weighted by Gasteiger charge is -2.29. The van der Waals surface area contributed by atoms with Gasteiger partial charge in [-0.1, -0.05) is 26.3 Å². The fraction of sp³-hybridized carbons (Fsp3) is 0.515. The lowest BCUT2D eigenvalue weighted by atomic mass is 9.94. The molecule has 2 heterocycles. The topological polar surface area (TPSA) is 97.8 Å². The summed E-state index contributed by atoms with van der Waals surface area (Å²) in [4.78, 5) is 30.9. The van der Waals surface area contributed by atoms with E-state index in [1.54, 1.807) is 36.3 Å². The number of aliphatic hydroxyl groups is 1. The molecule has 2 aliphatic rings. The Morgan fingerprint density at radius 1 is 0.929 bits per heavy atom. The van der Waals surface area contributed by atoms with Gasteiger partial charge in [-0.05, 0) is 67.6 Å². The standard InChI is InChI=1S/C33H44N2O7/c1-5-7-18-42-27-12-9-24(22-28(27)39-4)30-29(31(36)25-10-11-26(23(3)21-25)41-17-6-2)32(37)33(38)35(30)14-8-13-34-15-19-40-20-16-34/h9-12,21-22,30,36H,5-8,13-20H2,1-4H3/b31-29+. The van der Waals surface area contributed by atoms with Gasteiger partial charge in [0.25, 0.3) is 11.7 Å². The van der Waals surface area contributed by atoms with Crippen LogP contribution in [0.5, 0.6) is 17.2 Å². The molecule has 0 aliphatic carbocycles. The van der Waals surface area contributed by atoms with Gasteiger partial charge in [-0.3, -0.25) is 14.5 Å². The van der Waals surface area contributed by atoms with Crippen LogP contribution in [0, 0.1) is 6.92 Å². The number of morpholine rings is 1. The summed E-state index contributed by atoms with van der Waals surface area (Å²) < 4.78 is 22.8. The summed E-state index contributed by atoms with van der Waals surface area (Å²) in [5.74, 6) is 0.298. The molecule has 2 aromatic rings. The van der Waals surface area contributed by atoms with E-state index in [4.69, 9.17) is 18.9 Å². The van der Waals surface area contributed by atoms with Crippen LogP contribution >= 0.6 is 0 Å². The zero-order chi connectivity index (χ0) is 30.1. The van der Waals surface area contributed by atoms with Crippen molar-refractivity contribution in [3.05, 3.63) is 58.7 Å². The van der Waals surface area contributed by atoms with Crippen LogP contribution in [0.2, 0.25) is 0 Å². The molecule has 0 aromatic heterocycles. The van der Waals surface area contributed by atoms with Gasteiger partial charge in [0.2, 0.25) is 0 Å². The maximum Gasteiger partial charge on any atom is 0.295 e. The van der Waals surface area contributed by atoms with Gasteiger partial charge in [0.05, 0.1) is 45.2 Å². The number of rotatable bonds is 14. The molecule has 0 saturated carbocycles. The van der Waals surface area contributed by atoms with Crippen LogP contribution in [0.15, 0.2) is 42.0 Å². The van der Waals surface area contributed by atoms with Gasteiger partial charge < -0.3 is 29.0 Å². The van der Waals surface area contributed by atoms with Crippen LogP contribution in [-0.2, 0) is 14.3 Å². The van der Waals surface area contributed by atoms with Gasteiger partial charge in [0.15, 0.2) is 11.5 Å². The zero-order valence-electron chi connectivity index (χ0n) is 25.3. The Kier molecular flexibility index (Phi) is 11.3. The third kappa shape index (κ3) is 7.25. The Balaban J connectivity index is 1.71. The molecule has 1 amide bonds. The number of methoxy groups -OCH3 is 1. The molecule has 0 spiro atoms. The van der Waals surface area contributed by atoms with Gasteiger partial charge in [0, 0.05) is 31.7 Å². The Morgan fingerprint density at radius 2 is 1.67 bits per heavy atom. The molecule has 42 heavy (non-hydrogen) atoms. The summed E-state index contributed by atoms with van der Waals surface area (Å²) in [5, 5.41) is 11.6. The predicted octanol–water partition coefficient (Wildman–Crippen LogP) is 5.12. The van der Waals surface area contributed by atoms with Crippen molar-refractivity contribution < 1.29 is 33.6 Å². The number of aryl methyl sites for hydroxylation is 1. The number of carbonyl (C=O) groups excluding carboxylic acids is 2. The normalized spacial score (nSPS) is 18.9. The molecule has 9 heteroatoms. The van der Waals surface area contributed by atoms with Crippen molar-refractivity contribution in [3.63, 3.8) is 0 Å². The van der Waals surface area contributed by atoms with Crippen LogP contribution in [0.4, 0.5) is 0 Å². The number of likely N-dealkylation sites (tertiary alicyclic amines) is 1. The molecular formula is C33H44N2O7. The number of Topliss-reactive ketones (excluding diaryl/α,β-unsaturated/α-hetero) is 1. The largest absolute Gasteiger partial charge is 0.507 e. The summed E-state index contributed by atoms with van der Waals surface area (Å²) >= 11 is 0. The first-order valence-corrected chi connectivity index (χ1v) is 15.0. The molecule has 2 saturated heterocycles. The monoisotopic (exact) mass is 580 g/mol. The van der Waals surface area contributed by atoms with E-state index in [0.717, 1.165) is 50.2 Å². The molecule has 0 bridgehead atoms. The van der Waals surface area contributed by atoms with Crippen LogP contribution < -0.4 is 14.2 Å². The molecule has 1 atom stereocenters. The number of unbranched alkanes of at least 4 members (excludes halogenated alkanes) is 1. The minimum atomic E-state index is -0.774. The van der Waals surface area contributed by atoms with E-state index in [0.29, 0.717) is 62.0 Å². The molecule has 9 nitrogen and oxygen atoms in total. The van der Waals surface area contributed by atoms with E-state index in [1.165, 1.54) is 0 Å². The number of carbonyl (C=O) groups is 2.